The molecule has 0 fully saturated rings. The lowest BCUT2D eigenvalue weighted by Crippen LogP contribution is -2.35. The van der Waals surface area contributed by atoms with E-state index in [1.54, 1.807) is 0 Å². The molecule has 0 heterocycles. The van der Waals surface area contributed by atoms with Crippen molar-refractivity contribution in [3.05, 3.63) is 36.5 Å². The van der Waals surface area contributed by atoms with E-state index < -0.39 is 0 Å². The Morgan fingerprint density at radius 1 is 1.29 bits per heavy atom. The van der Waals surface area contributed by atoms with Crippen LogP contribution in [0.4, 0.5) is 0 Å². The Morgan fingerprint density at radius 2 is 1.94 bits per heavy atom. The van der Waals surface area contributed by atoms with Crippen LogP contribution in [-0.4, -0.2) is 24.0 Å². The predicted molar refractivity (Wildman–Crippen MR) is 79.3 cm³/mol. The number of nitrogens with zero attached hydrogens (tertiary/aromatic N) is 1. The van der Waals surface area contributed by atoms with E-state index in [-0.39, 0.29) is 0 Å². The Balaban J connectivity index is 4.69. The number of allylic oxidation sites excluding steroid dienone is 4. The average molecular weight is 235 g/mol. The van der Waals surface area contributed by atoms with Crippen LogP contribution in [0.25, 0.3) is 0 Å². The highest BCUT2D eigenvalue weighted by atomic mass is 15.1. The van der Waals surface area contributed by atoms with Crippen molar-refractivity contribution >= 4 is 0 Å². The van der Waals surface area contributed by atoms with E-state index in [2.05, 4.69) is 58.2 Å². The van der Waals surface area contributed by atoms with E-state index in [0.29, 0.717) is 12.0 Å². The molecule has 98 valence electrons. The molecule has 0 aliphatic carbocycles. The van der Waals surface area contributed by atoms with E-state index in [0.717, 1.165) is 13.1 Å². The topological polar surface area (TPSA) is 3.24 Å². The summed E-state index contributed by atoms with van der Waals surface area (Å²) in [5.41, 5.74) is 1.42. The van der Waals surface area contributed by atoms with Crippen molar-refractivity contribution in [3.63, 3.8) is 0 Å². The fraction of sp³-hybridized carbons (Fsp3) is 0.625. The molecule has 1 nitrogen and oxygen atoms in total. The van der Waals surface area contributed by atoms with E-state index in [4.69, 9.17) is 0 Å². The fourth-order valence-corrected chi connectivity index (χ4v) is 2.11. The second-order valence-corrected chi connectivity index (χ2v) is 4.67. The van der Waals surface area contributed by atoms with Crippen molar-refractivity contribution < 1.29 is 0 Å². The van der Waals surface area contributed by atoms with Gasteiger partial charge in [-0.25, -0.2) is 0 Å². The molecule has 0 amide bonds. The summed E-state index contributed by atoms with van der Waals surface area (Å²) in [6, 6.07) is 0.621. The summed E-state index contributed by atoms with van der Waals surface area (Å²) in [5, 5.41) is 0. The Hall–Kier alpha value is -0.820. The summed E-state index contributed by atoms with van der Waals surface area (Å²) in [5.74, 6) is 0.624. The first kappa shape index (κ1) is 16.2. The van der Waals surface area contributed by atoms with Crippen molar-refractivity contribution in [3.8, 4) is 0 Å². The predicted octanol–water partition coefficient (Wildman–Crippen LogP) is 4.43. The van der Waals surface area contributed by atoms with Gasteiger partial charge in [-0.15, -0.1) is 0 Å². The molecule has 0 rings (SSSR count). The van der Waals surface area contributed by atoms with Gasteiger partial charge >= 0.3 is 0 Å². The van der Waals surface area contributed by atoms with Gasteiger partial charge in [0.15, 0.2) is 0 Å². The summed E-state index contributed by atoms with van der Waals surface area (Å²) < 4.78 is 0. The molecule has 0 bridgehead atoms. The van der Waals surface area contributed by atoms with Crippen LogP contribution in [0.15, 0.2) is 36.5 Å². The van der Waals surface area contributed by atoms with Crippen LogP contribution < -0.4 is 0 Å². The SMILES string of the molecule is C=C/C=C\C(=C/C)C(CC)CN(CC)C(C)C. The first-order chi connectivity index (χ1) is 8.10. The van der Waals surface area contributed by atoms with Crippen molar-refractivity contribution in [1.82, 2.24) is 4.90 Å². The molecule has 0 saturated carbocycles. The molecule has 0 aromatic heterocycles. The summed E-state index contributed by atoms with van der Waals surface area (Å²) >= 11 is 0. The molecule has 1 heteroatoms. The second kappa shape index (κ2) is 9.23. The fourth-order valence-electron chi connectivity index (χ4n) is 2.11. The Bertz CT molecular complexity index is 261. The maximum atomic E-state index is 3.73. The van der Waals surface area contributed by atoms with E-state index >= 15 is 0 Å². The van der Waals surface area contributed by atoms with Gasteiger partial charge in [0.05, 0.1) is 0 Å². The molecule has 1 unspecified atom stereocenters. The van der Waals surface area contributed by atoms with Crippen LogP contribution >= 0.6 is 0 Å². The summed E-state index contributed by atoms with van der Waals surface area (Å²) in [6.07, 6.45) is 9.47. The lowest BCUT2D eigenvalue weighted by molar-refractivity contribution is 0.207. The lowest BCUT2D eigenvalue weighted by atomic mass is 9.94. The molecule has 17 heavy (non-hydrogen) atoms. The highest BCUT2D eigenvalue weighted by molar-refractivity contribution is 5.24. The number of rotatable bonds is 8. The molecular weight excluding hydrogens is 206 g/mol. The molecule has 1 atom stereocenters. The van der Waals surface area contributed by atoms with Crippen LogP contribution in [0.1, 0.15) is 41.0 Å². The monoisotopic (exact) mass is 235 g/mol. The van der Waals surface area contributed by atoms with E-state index in [1.165, 1.54) is 12.0 Å². The first-order valence-corrected chi connectivity index (χ1v) is 6.79. The Kier molecular flexibility index (Phi) is 8.79. The first-order valence-electron chi connectivity index (χ1n) is 6.79. The zero-order valence-electron chi connectivity index (χ0n) is 12.2. The summed E-state index contributed by atoms with van der Waals surface area (Å²) in [4.78, 5) is 2.53. The lowest BCUT2D eigenvalue weighted by Gasteiger charge is -2.29. The third-order valence-electron chi connectivity index (χ3n) is 3.31. The highest BCUT2D eigenvalue weighted by Crippen LogP contribution is 2.19. The van der Waals surface area contributed by atoms with Gasteiger partial charge in [-0.2, -0.15) is 0 Å². The van der Waals surface area contributed by atoms with Gasteiger partial charge in [0, 0.05) is 12.6 Å². The number of hydrogen-bond acceptors (Lipinski definition) is 1. The third-order valence-corrected chi connectivity index (χ3v) is 3.31. The Labute approximate surface area is 108 Å². The molecule has 0 aromatic rings. The average Bonchev–Trinajstić information content (AvgIpc) is 2.33. The standard InChI is InChI=1S/C16H29N/c1-7-11-12-15(8-2)16(9-3)13-17(10-4)14(5)6/h7-8,11-12,14,16H,1,9-10,13H2,2-6H3/b12-11-,15-8+. The molecule has 0 aliphatic heterocycles. The molecule has 0 saturated heterocycles. The third kappa shape index (κ3) is 5.88. The van der Waals surface area contributed by atoms with Crippen LogP contribution in [0.3, 0.4) is 0 Å². The largest absolute Gasteiger partial charge is 0.301 e. The maximum Gasteiger partial charge on any atom is 0.00526 e. The van der Waals surface area contributed by atoms with E-state index in [1.807, 2.05) is 12.2 Å². The maximum absolute atomic E-state index is 3.73. The van der Waals surface area contributed by atoms with Gasteiger partial charge < -0.3 is 4.90 Å². The summed E-state index contributed by atoms with van der Waals surface area (Å²) in [7, 11) is 0. The van der Waals surface area contributed by atoms with Gasteiger partial charge in [0.1, 0.15) is 0 Å². The van der Waals surface area contributed by atoms with Crippen LogP contribution in [0.5, 0.6) is 0 Å². The van der Waals surface area contributed by atoms with Crippen molar-refractivity contribution in [2.75, 3.05) is 13.1 Å². The molecular formula is C16H29N. The smallest absolute Gasteiger partial charge is 0.00526 e. The number of hydrogen-bond donors (Lipinski definition) is 0. The second-order valence-electron chi connectivity index (χ2n) is 4.67. The van der Waals surface area contributed by atoms with Gasteiger partial charge in [-0.1, -0.05) is 44.7 Å². The van der Waals surface area contributed by atoms with Crippen molar-refractivity contribution in [2.45, 2.75) is 47.1 Å². The molecule has 0 aliphatic rings. The normalized spacial score (nSPS) is 14.9. The van der Waals surface area contributed by atoms with Crippen LogP contribution in [-0.2, 0) is 0 Å². The van der Waals surface area contributed by atoms with Gasteiger partial charge in [0.2, 0.25) is 0 Å². The van der Waals surface area contributed by atoms with Gasteiger partial charge in [0.25, 0.3) is 0 Å². The van der Waals surface area contributed by atoms with E-state index in [9.17, 15) is 0 Å². The molecule has 0 radical (unpaired) electrons. The zero-order valence-corrected chi connectivity index (χ0v) is 12.2. The molecule has 0 N–H and O–H groups in total. The van der Waals surface area contributed by atoms with Gasteiger partial charge in [-0.05, 0) is 45.2 Å². The van der Waals surface area contributed by atoms with Crippen LogP contribution in [0, 0.1) is 5.92 Å². The zero-order chi connectivity index (χ0) is 13.3. The Morgan fingerprint density at radius 3 is 2.29 bits per heavy atom. The highest BCUT2D eigenvalue weighted by Gasteiger charge is 2.15. The minimum absolute atomic E-state index is 0.621. The van der Waals surface area contributed by atoms with Gasteiger partial charge in [-0.3, -0.25) is 0 Å². The minimum atomic E-state index is 0.621. The summed E-state index contributed by atoms with van der Waals surface area (Å²) in [6.45, 7) is 17.2. The van der Waals surface area contributed by atoms with Crippen LogP contribution in [0.2, 0.25) is 0 Å². The quantitative estimate of drug-likeness (QED) is 0.562. The molecule has 0 spiro atoms. The van der Waals surface area contributed by atoms with Crippen molar-refractivity contribution in [1.29, 1.82) is 0 Å². The van der Waals surface area contributed by atoms with Crippen molar-refractivity contribution in [2.24, 2.45) is 5.92 Å². The minimum Gasteiger partial charge on any atom is -0.301 e. The molecule has 0 aromatic carbocycles.